The van der Waals surface area contributed by atoms with Crippen molar-refractivity contribution in [1.29, 1.82) is 0 Å². The van der Waals surface area contributed by atoms with Gasteiger partial charge in [0.25, 0.3) is 11.8 Å². The van der Waals surface area contributed by atoms with E-state index >= 15 is 0 Å². The Hall–Kier alpha value is -4.90. The number of nitrogens with one attached hydrogen (secondary N) is 4. The lowest BCUT2D eigenvalue weighted by Crippen LogP contribution is -2.53. The van der Waals surface area contributed by atoms with E-state index in [0.29, 0.717) is 16.9 Å². The molecule has 4 N–H and O–H groups in total. The Labute approximate surface area is 250 Å². The Balaban J connectivity index is 1.41. The average molecular weight is 610 g/mol. The van der Waals surface area contributed by atoms with Crippen LogP contribution in [0, 0.1) is 5.92 Å². The molecule has 1 aliphatic rings. The number of rotatable bonds is 13. The fourth-order valence-electron chi connectivity index (χ4n) is 3.93. The number of ether oxygens (including phenoxy) is 1. The maximum atomic E-state index is 12.7. The molecule has 0 spiro atoms. The molecule has 2 aromatic rings. The molecular weight excluding hydrogens is 577 g/mol. The topological polar surface area (TPSA) is 180 Å². The van der Waals surface area contributed by atoms with Gasteiger partial charge < -0.3 is 26.0 Å². The largest absolute Gasteiger partial charge is 0.458 e. The van der Waals surface area contributed by atoms with Gasteiger partial charge in [0.05, 0.1) is 25.2 Å². The Morgan fingerprint density at radius 2 is 1.37 bits per heavy atom. The molecule has 2 aromatic carbocycles. The lowest BCUT2D eigenvalue weighted by molar-refractivity contribution is -0.131. The van der Waals surface area contributed by atoms with Gasteiger partial charge in [-0.3, -0.25) is 28.8 Å². The zero-order chi connectivity index (χ0) is 31.5. The number of amides is 6. The molecule has 1 aliphatic heterocycles. The molecule has 6 amide bonds. The van der Waals surface area contributed by atoms with Crippen LogP contribution in [0.3, 0.4) is 0 Å². The molecule has 3 rings (SSSR count). The van der Waals surface area contributed by atoms with Crippen molar-refractivity contribution in [2.24, 2.45) is 5.92 Å². The lowest BCUT2D eigenvalue weighted by Gasteiger charge is -2.21. The standard InChI is InChI=1S/C29H32N5O8P/c1-17(2)27(28(40)31-15-23(36)32-20-7-3-19(4-8-20)16-42-29(41)43)33-24(37)14-30-22(35)13-18-5-9-21(10-6-18)34-25(38)11-12-26(34)39/h3-12,17,27H,13-16,43H2,1-2H3,(H,30,35)(H,31,40)(H,32,36)(H,33,37). The Morgan fingerprint density at radius 3 is 1.95 bits per heavy atom. The van der Waals surface area contributed by atoms with Crippen molar-refractivity contribution in [2.45, 2.75) is 32.9 Å². The minimum absolute atomic E-state index is 0.0506. The van der Waals surface area contributed by atoms with Crippen LogP contribution in [0.2, 0.25) is 0 Å². The number of carbonyl (C=O) groups excluding carboxylic acids is 7. The zero-order valence-corrected chi connectivity index (χ0v) is 24.7. The van der Waals surface area contributed by atoms with Gasteiger partial charge in [-0.1, -0.05) is 38.1 Å². The fraction of sp³-hybridized carbons (Fsp3) is 0.276. The summed E-state index contributed by atoms with van der Waals surface area (Å²) in [5.41, 5.74) is 1.71. The first-order valence-electron chi connectivity index (χ1n) is 13.2. The van der Waals surface area contributed by atoms with Crippen molar-refractivity contribution in [2.75, 3.05) is 23.3 Å². The number of benzene rings is 2. The van der Waals surface area contributed by atoms with Crippen LogP contribution in [0.4, 0.5) is 16.2 Å². The van der Waals surface area contributed by atoms with E-state index in [1.807, 2.05) is 9.24 Å². The number of carbonyl (C=O) groups is 7. The van der Waals surface area contributed by atoms with Gasteiger partial charge in [-0.15, -0.1) is 0 Å². The smallest absolute Gasteiger partial charge is 0.320 e. The second-order valence-corrected chi connectivity index (χ2v) is 10.3. The second-order valence-electron chi connectivity index (χ2n) is 9.82. The van der Waals surface area contributed by atoms with Gasteiger partial charge in [0, 0.05) is 17.8 Å². The van der Waals surface area contributed by atoms with E-state index in [4.69, 9.17) is 4.74 Å². The fourth-order valence-corrected chi connectivity index (χ4v) is 4.01. The van der Waals surface area contributed by atoms with Gasteiger partial charge >= 0.3 is 5.71 Å². The monoisotopic (exact) mass is 609 g/mol. The Morgan fingerprint density at radius 1 is 0.791 bits per heavy atom. The predicted molar refractivity (Wildman–Crippen MR) is 160 cm³/mol. The molecule has 13 nitrogen and oxygen atoms in total. The first kappa shape index (κ1) is 32.6. The predicted octanol–water partition coefficient (Wildman–Crippen LogP) is 1.18. The SMILES string of the molecule is CC(C)C(NC(=O)CNC(=O)Cc1ccc(N2C(=O)C=CC2=O)cc1)C(=O)NCC(=O)Nc1ccc(COC(=O)P)cc1. The summed E-state index contributed by atoms with van der Waals surface area (Å²) in [6.45, 7) is 2.83. The highest BCUT2D eigenvalue weighted by Crippen LogP contribution is 2.19. The van der Waals surface area contributed by atoms with Gasteiger partial charge in [-0.2, -0.15) is 0 Å². The van der Waals surface area contributed by atoms with Crippen molar-refractivity contribution < 1.29 is 38.3 Å². The molecule has 0 aliphatic carbocycles. The van der Waals surface area contributed by atoms with Crippen LogP contribution in [0.15, 0.2) is 60.7 Å². The molecule has 2 atom stereocenters. The van der Waals surface area contributed by atoms with Crippen LogP contribution >= 0.6 is 9.24 Å². The second kappa shape index (κ2) is 15.4. The summed E-state index contributed by atoms with van der Waals surface area (Å²) >= 11 is 0. The summed E-state index contributed by atoms with van der Waals surface area (Å²) < 4.78 is 4.88. The van der Waals surface area contributed by atoms with Crippen molar-refractivity contribution in [1.82, 2.24) is 16.0 Å². The molecule has 0 fully saturated rings. The van der Waals surface area contributed by atoms with Gasteiger partial charge in [0.15, 0.2) is 0 Å². The van der Waals surface area contributed by atoms with E-state index in [0.717, 1.165) is 10.5 Å². The highest BCUT2D eigenvalue weighted by molar-refractivity contribution is 7.39. The molecular formula is C29H32N5O8P. The highest BCUT2D eigenvalue weighted by Gasteiger charge is 2.26. The van der Waals surface area contributed by atoms with Crippen LogP contribution in [0.1, 0.15) is 25.0 Å². The summed E-state index contributed by atoms with van der Waals surface area (Å²) in [6, 6.07) is 12.0. The molecule has 0 radical (unpaired) electrons. The minimum Gasteiger partial charge on any atom is -0.458 e. The molecule has 0 bridgehead atoms. The Kier molecular flexibility index (Phi) is 11.7. The van der Waals surface area contributed by atoms with Crippen LogP contribution < -0.4 is 26.2 Å². The van der Waals surface area contributed by atoms with Crippen molar-refractivity contribution in [3.63, 3.8) is 0 Å². The maximum absolute atomic E-state index is 12.7. The van der Waals surface area contributed by atoms with E-state index in [1.165, 1.54) is 12.2 Å². The molecule has 0 saturated heterocycles. The van der Waals surface area contributed by atoms with Gasteiger partial charge in [-0.05, 0) is 50.6 Å². The number of nitrogens with zero attached hydrogens (tertiary/aromatic N) is 1. The molecule has 2 unspecified atom stereocenters. The quantitative estimate of drug-likeness (QED) is 0.193. The first-order valence-corrected chi connectivity index (χ1v) is 13.8. The maximum Gasteiger partial charge on any atom is 0.320 e. The summed E-state index contributed by atoms with van der Waals surface area (Å²) in [4.78, 5) is 85.3. The number of hydrogen-bond acceptors (Lipinski definition) is 8. The molecule has 43 heavy (non-hydrogen) atoms. The molecule has 14 heteroatoms. The van der Waals surface area contributed by atoms with Crippen LogP contribution in [-0.4, -0.2) is 60.3 Å². The third kappa shape index (κ3) is 10.2. The summed E-state index contributed by atoms with van der Waals surface area (Å²) in [5.74, 6) is -3.29. The van der Waals surface area contributed by atoms with E-state index in [-0.39, 0.29) is 32.0 Å². The van der Waals surface area contributed by atoms with Gasteiger partial charge in [0.1, 0.15) is 12.6 Å². The van der Waals surface area contributed by atoms with E-state index in [9.17, 15) is 33.6 Å². The van der Waals surface area contributed by atoms with Crippen LogP contribution in [0.25, 0.3) is 0 Å². The van der Waals surface area contributed by atoms with Gasteiger partial charge in [-0.25, -0.2) is 9.69 Å². The molecule has 1 heterocycles. The minimum atomic E-state index is -0.950. The molecule has 0 aromatic heterocycles. The normalized spacial score (nSPS) is 13.0. The number of imide groups is 1. The van der Waals surface area contributed by atoms with E-state index < -0.39 is 47.2 Å². The summed E-state index contributed by atoms with van der Waals surface area (Å²) in [5, 5.41) is 10.2. The average Bonchev–Trinajstić information content (AvgIpc) is 3.30. The van der Waals surface area contributed by atoms with Gasteiger partial charge in [0.2, 0.25) is 23.6 Å². The van der Waals surface area contributed by atoms with E-state index in [1.54, 1.807) is 62.4 Å². The van der Waals surface area contributed by atoms with Crippen molar-refractivity contribution in [3.05, 3.63) is 71.8 Å². The van der Waals surface area contributed by atoms with Crippen molar-refractivity contribution in [3.8, 4) is 0 Å². The summed E-state index contributed by atoms with van der Waals surface area (Å²) in [6.07, 6.45) is 2.30. The molecule has 226 valence electrons. The van der Waals surface area contributed by atoms with E-state index in [2.05, 4.69) is 21.3 Å². The summed E-state index contributed by atoms with van der Waals surface area (Å²) in [7, 11) is 1.91. The number of anilines is 2. The third-order valence-corrected chi connectivity index (χ3v) is 6.29. The van der Waals surface area contributed by atoms with Crippen LogP contribution in [-0.2, 0) is 46.5 Å². The third-order valence-electron chi connectivity index (χ3n) is 6.12. The lowest BCUT2D eigenvalue weighted by atomic mass is 10.0. The zero-order valence-electron chi connectivity index (χ0n) is 23.5. The highest BCUT2D eigenvalue weighted by atomic mass is 31.0. The van der Waals surface area contributed by atoms with Crippen LogP contribution in [0.5, 0.6) is 0 Å². The van der Waals surface area contributed by atoms with Crippen molar-refractivity contribution >= 4 is 61.8 Å². The first-order chi connectivity index (χ1) is 20.4. The molecule has 0 saturated carbocycles. The Bertz CT molecular complexity index is 1410. The number of hydrogen-bond donors (Lipinski definition) is 4.